The maximum absolute atomic E-state index is 9.56. The monoisotopic (exact) mass is 346 g/mol. The van der Waals surface area contributed by atoms with Crippen molar-refractivity contribution in [2.45, 2.75) is 59.9 Å². The Hall–Kier alpha value is -1.66. The van der Waals surface area contributed by atoms with E-state index >= 15 is 0 Å². The molecule has 130 valence electrons. The summed E-state index contributed by atoms with van der Waals surface area (Å²) in [5.41, 5.74) is 5.37. The first kappa shape index (κ1) is 17.2. The Morgan fingerprint density at radius 2 is 2.08 bits per heavy atom. The minimum Gasteiger partial charge on any atom is -0.388 e. The van der Waals surface area contributed by atoms with Gasteiger partial charge < -0.3 is 14.6 Å². The number of hydrogen-bond donors (Lipinski definition) is 1. The van der Waals surface area contributed by atoms with E-state index in [0.29, 0.717) is 17.3 Å². The Morgan fingerprint density at radius 1 is 1.29 bits per heavy atom. The predicted octanol–water partition coefficient (Wildman–Crippen LogP) is 3.34. The van der Waals surface area contributed by atoms with Gasteiger partial charge in [-0.25, -0.2) is 4.68 Å². The van der Waals surface area contributed by atoms with E-state index in [9.17, 15) is 5.11 Å². The van der Waals surface area contributed by atoms with Gasteiger partial charge in [0.05, 0.1) is 0 Å². The molecular weight excluding hydrogens is 320 g/mol. The fourth-order valence-corrected chi connectivity index (χ4v) is 4.00. The fourth-order valence-electron chi connectivity index (χ4n) is 3.71. The average molecular weight is 346 g/mol. The van der Waals surface area contributed by atoms with Crippen LogP contribution in [0.5, 0.6) is 0 Å². The van der Waals surface area contributed by atoms with Crippen LogP contribution in [0, 0.1) is 18.6 Å². The normalized spacial score (nSPS) is 14.1. The van der Waals surface area contributed by atoms with Crippen LogP contribution in [-0.4, -0.2) is 26.0 Å². The molecule has 1 aromatic carbocycles. The van der Waals surface area contributed by atoms with E-state index in [4.69, 9.17) is 12.2 Å². The maximum atomic E-state index is 9.56. The van der Waals surface area contributed by atoms with Gasteiger partial charge in [0.25, 0.3) is 0 Å². The van der Waals surface area contributed by atoms with Gasteiger partial charge in [-0.2, -0.15) is 5.10 Å². The number of hydrogen-bond acceptors (Lipinski definition) is 4. The van der Waals surface area contributed by atoms with Crippen LogP contribution in [0.4, 0.5) is 5.69 Å². The molecule has 0 fully saturated rings. The van der Waals surface area contributed by atoms with Crippen LogP contribution in [0.1, 0.15) is 42.3 Å². The summed E-state index contributed by atoms with van der Waals surface area (Å²) >= 11 is 5.59. The van der Waals surface area contributed by atoms with Crippen molar-refractivity contribution in [2.24, 2.45) is 0 Å². The molecule has 1 aliphatic rings. The lowest BCUT2D eigenvalue weighted by molar-refractivity contribution is 0.263. The van der Waals surface area contributed by atoms with E-state index in [1.807, 2.05) is 9.25 Å². The summed E-state index contributed by atoms with van der Waals surface area (Å²) in [6, 6.07) is 4.54. The van der Waals surface area contributed by atoms with Gasteiger partial charge in [-0.05, 0) is 56.5 Å². The number of anilines is 1. The minimum absolute atomic E-state index is 0.0779. The summed E-state index contributed by atoms with van der Waals surface area (Å²) in [4.78, 5) is 2.37. The van der Waals surface area contributed by atoms with Crippen molar-refractivity contribution in [1.29, 1.82) is 0 Å². The van der Waals surface area contributed by atoms with Gasteiger partial charge >= 0.3 is 0 Å². The number of aryl methyl sites for hydroxylation is 3. The standard InChI is InChI=1S/C18H26N4OS/c1-4-7-21-16(11-23)19-22(18(21)24)12-20-8-5-6-15-10-13(2)9-14(3)17(15)20/h9-10,23H,4-8,11-12H2,1-3H3. The zero-order valence-electron chi connectivity index (χ0n) is 14.7. The molecule has 1 N–H and O–H groups in total. The third-order valence-electron chi connectivity index (χ3n) is 4.61. The Kier molecular flexibility index (Phi) is 5.06. The second kappa shape index (κ2) is 7.07. The molecule has 0 bridgehead atoms. The lowest BCUT2D eigenvalue weighted by Crippen LogP contribution is -2.32. The van der Waals surface area contributed by atoms with Crippen LogP contribution in [0.2, 0.25) is 0 Å². The number of benzene rings is 1. The first-order chi connectivity index (χ1) is 11.5. The molecule has 0 amide bonds. The van der Waals surface area contributed by atoms with Gasteiger partial charge in [0.1, 0.15) is 13.3 Å². The van der Waals surface area contributed by atoms with Gasteiger partial charge in [-0.3, -0.25) is 0 Å². The molecule has 0 unspecified atom stereocenters. The smallest absolute Gasteiger partial charge is 0.199 e. The predicted molar refractivity (Wildman–Crippen MR) is 98.8 cm³/mol. The third-order valence-corrected chi connectivity index (χ3v) is 5.04. The van der Waals surface area contributed by atoms with Crippen molar-refractivity contribution in [3.63, 3.8) is 0 Å². The van der Waals surface area contributed by atoms with E-state index in [1.54, 1.807) is 0 Å². The number of rotatable bonds is 5. The van der Waals surface area contributed by atoms with Crippen molar-refractivity contribution in [1.82, 2.24) is 14.3 Å². The fraction of sp³-hybridized carbons (Fsp3) is 0.556. The Morgan fingerprint density at radius 3 is 2.79 bits per heavy atom. The average Bonchev–Trinajstić information content (AvgIpc) is 2.83. The molecule has 6 heteroatoms. The van der Waals surface area contributed by atoms with Crippen LogP contribution in [-0.2, 0) is 26.2 Å². The highest BCUT2D eigenvalue weighted by atomic mass is 32.1. The summed E-state index contributed by atoms with van der Waals surface area (Å²) in [7, 11) is 0. The lowest BCUT2D eigenvalue weighted by atomic mass is 9.96. The zero-order valence-corrected chi connectivity index (χ0v) is 15.6. The SMILES string of the molecule is CCCn1c(CO)nn(CN2CCCc3cc(C)cc(C)c32)c1=S. The quantitative estimate of drug-likeness (QED) is 0.844. The van der Waals surface area contributed by atoms with Gasteiger partial charge in [-0.15, -0.1) is 0 Å². The highest BCUT2D eigenvalue weighted by molar-refractivity contribution is 7.71. The van der Waals surface area contributed by atoms with E-state index in [0.717, 1.165) is 32.4 Å². The minimum atomic E-state index is -0.0779. The Labute approximate surface area is 148 Å². The lowest BCUT2D eigenvalue weighted by Gasteiger charge is -2.33. The molecule has 0 spiro atoms. The molecule has 0 aliphatic carbocycles. The molecular formula is C18H26N4OS. The molecule has 2 aromatic rings. The second-order valence-electron chi connectivity index (χ2n) is 6.61. The van der Waals surface area contributed by atoms with Crippen LogP contribution < -0.4 is 4.90 Å². The van der Waals surface area contributed by atoms with E-state index in [1.165, 1.54) is 22.4 Å². The number of aliphatic hydroxyl groups is 1. The highest BCUT2D eigenvalue weighted by Crippen LogP contribution is 2.32. The molecule has 3 rings (SSSR count). The number of nitrogens with zero attached hydrogens (tertiary/aromatic N) is 4. The number of aliphatic hydroxyl groups excluding tert-OH is 1. The second-order valence-corrected chi connectivity index (χ2v) is 6.97. The first-order valence-electron chi connectivity index (χ1n) is 8.67. The van der Waals surface area contributed by atoms with Gasteiger partial charge in [0.2, 0.25) is 0 Å². The van der Waals surface area contributed by atoms with Crippen molar-refractivity contribution in [3.8, 4) is 0 Å². The molecule has 2 heterocycles. The number of fused-ring (bicyclic) bond motifs is 1. The maximum Gasteiger partial charge on any atom is 0.199 e. The summed E-state index contributed by atoms with van der Waals surface area (Å²) in [6.07, 6.45) is 3.25. The molecule has 1 aromatic heterocycles. The zero-order chi connectivity index (χ0) is 17.3. The summed E-state index contributed by atoms with van der Waals surface area (Å²) in [5.74, 6) is 0.653. The topological polar surface area (TPSA) is 46.2 Å². The van der Waals surface area contributed by atoms with Gasteiger partial charge in [-0.1, -0.05) is 24.6 Å². The van der Waals surface area contributed by atoms with Crippen molar-refractivity contribution in [3.05, 3.63) is 39.4 Å². The third kappa shape index (κ3) is 3.13. The van der Waals surface area contributed by atoms with Gasteiger partial charge in [0, 0.05) is 18.8 Å². The van der Waals surface area contributed by atoms with E-state index < -0.39 is 0 Å². The van der Waals surface area contributed by atoms with Crippen LogP contribution in [0.3, 0.4) is 0 Å². The van der Waals surface area contributed by atoms with Crippen molar-refractivity contribution in [2.75, 3.05) is 11.4 Å². The number of aromatic nitrogens is 3. The van der Waals surface area contributed by atoms with E-state index in [2.05, 4.69) is 42.9 Å². The van der Waals surface area contributed by atoms with Crippen molar-refractivity contribution < 1.29 is 5.11 Å². The van der Waals surface area contributed by atoms with Crippen molar-refractivity contribution >= 4 is 17.9 Å². The van der Waals surface area contributed by atoms with Crippen LogP contribution in [0.15, 0.2) is 12.1 Å². The molecule has 0 radical (unpaired) electrons. The van der Waals surface area contributed by atoms with E-state index in [-0.39, 0.29) is 6.61 Å². The molecule has 0 saturated heterocycles. The van der Waals surface area contributed by atoms with Gasteiger partial charge in [0.15, 0.2) is 10.6 Å². The molecule has 5 nitrogen and oxygen atoms in total. The molecule has 0 atom stereocenters. The molecule has 1 aliphatic heterocycles. The van der Waals surface area contributed by atoms with Crippen LogP contribution >= 0.6 is 12.2 Å². The summed E-state index contributed by atoms with van der Waals surface area (Å²) in [5, 5.41) is 14.1. The summed E-state index contributed by atoms with van der Waals surface area (Å²) in [6.45, 7) is 8.80. The Bertz CT molecular complexity index is 793. The highest BCUT2D eigenvalue weighted by Gasteiger charge is 2.21. The molecule has 24 heavy (non-hydrogen) atoms. The largest absolute Gasteiger partial charge is 0.388 e. The molecule has 0 saturated carbocycles. The summed E-state index contributed by atoms with van der Waals surface area (Å²) < 4.78 is 4.49. The van der Waals surface area contributed by atoms with Crippen LogP contribution in [0.25, 0.3) is 0 Å². The first-order valence-corrected chi connectivity index (χ1v) is 9.08. The Balaban J connectivity index is 1.95.